The van der Waals surface area contributed by atoms with Gasteiger partial charge in [-0.2, -0.15) is 0 Å². The molecule has 110 valence electrons. The molecule has 1 atom stereocenters. The first-order chi connectivity index (χ1) is 10.1. The van der Waals surface area contributed by atoms with Crippen molar-refractivity contribution < 1.29 is 15.0 Å². The van der Waals surface area contributed by atoms with Gasteiger partial charge in [0.05, 0.1) is 6.42 Å². The molecule has 0 radical (unpaired) electrons. The van der Waals surface area contributed by atoms with Crippen molar-refractivity contribution in [2.24, 2.45) is 0 Å². The highest BCUT2D eigenvalue weighted by molar-refractivity contribution is 5.87. The zero-order valence-corrected chi connectivity index (χ0v) is 11.8. The van der Waals surface area contributed by atoms with Gasteiger partial charge in [0.25, 0.3) is 0 Å². The van der Waals surface area contributed by atoms with Crippen LogP contribution in [0.3, 0.4) is 0 Å². The van der Waals surface area contributed by atoms with Crippen LogP contribution in [0.1, 0.15) is 24.8 Å². The van der Waals surface area contributed by atoms with Crippen LogP contribution in [0.15, 0.2) is 36.4 Å². The van der Waals surface area contributed by atoms with E-state index in [-0.39, 0.29) is 18.2 Å². The lowest BCUT2D eigenvalue weighted by Crippen LogP contribution is -2.30. The van der Waals surface area contributed by atoms with Crippen LogP contribution in [0.25, 0.3) is 10.8 Å². The van der Waals surface area contributed by atoms with Gasteiger partial charge in [-0.3, -0.25) is 9.69 Å². The third kappa shape index (κ3) is 2.85. The molecule has 1 saturated heterocycles. The van der Waals surface area contributed by atoms with Gasteiger partial charge in [0.15, 0.2) is 0 Å². The zero-order chi connectivity index (χ0) is 14.8. The minimum atomic E-state index is -0.756. The molecule has 1 fully saturated rings. The Morgan fingerprint density at radius 2 is 2.05 bits per heavy atom. The van der Waals surface area contributed by atoms with E-state index in [1.165, 1.54) is 0 Å². The van der Waals surface area contributed by atoms with Crippen molar-refractivity contribution in [2.45, 2.75) is 31.8 Å². The molecule has 1 aliphatic rings. The largest absolute Gasteiger partial charge is 0.508 e. The Balaban J connectivity index is 1.90. The molecule has 2 aromatic carbocycles. The number of carbonyl (C=O) groups is 1. The number of hydrogen-bond donors (Lipinski definition) is 2. The zero-order valence-electron chi connectivity index (χ0n) is 11.8. The van der Waals surface area contributed by atoms with Gasteiger partial charge >= 0.3 is 5.97 Å². The van der Waals surface area contributed by atoms with E-state index < -0.39 is 5.97 Å². The molecule has 0 aromatic heterocycles. The third-order valence-electron chi connectivity index (χ3n) is 4.29. The summed E-state index contributed by atoms with van der Waals surface area (Å²) in [6.45, 7) is 1.49. The van der Waals surface area contributed by atoms with Crippen molar-refractivity contribution in [1.82, 2.24) is 4.90 Å². The number of aromatic hydroxyl groups is 1. The van der Waals surface area contributed by atoms with Gasteiger partial charge in [0.1, 0.15) is 5.75 Å². The molecule has 0 aliphatic carbocycles. The van der Waals surface area contributed by atoms with Crippen LogP contribution in [-0.4, -0.2) is 33.7 Å². The molecule has 1 unspecified atom stereocenters. The molecular formula is C17H19NO3. The van der Waals surface area contributed by atoms with Gasteiger partial charge in [0.2, 0.25) is 0 Å². The lowest BCUT2D eigenvalue weighted by Gasteiger charge is -2.24. The van der Waals surface area contributed by atoms with Crippen LogP contribution < -0.4 is 0 Å². The van der Waals surface area contributed by atoms with E-state index in [4.69, 9.17) is 5.11 Å². The Hall–Kier alpha value is -2.07. The van der Waals surface area contributed by atoms with Crippen LogP contribution in [0, 0.1) is 0 Å². The van der Waals surface area contributed by atoms with Crippen molar-refractivity contribution >= 4 is 16.7 Å². The summed E-state index contributed by atoms with van der Waals surface area (Å²) < 4.78 is 0. The highest BCUT2D eigenvalue weighted by Gasteiger charge is 2.27. The van der Waals surface area contributed by atoms with Crippen LogP contribution in [0.2, 0.25) is 0 Å². The van der Waals surface area contributed by atoms with Gasteiger partial charge < -0.3 is 10.2 Å². The molecule has 1 aliphatic heterocycles. The number of phenolic OH excluding ortho intramolecular Hbond substituents is 1. The van der Waals surface area contributed by atoms with Gasteiger partial charge in [-0.05, 0) is 36.2 Å². The van der Waals surface area contributed by atoms with E-state index in [0.717, 1.165) is 35.7 Å². The summed E-state index contributed by atoms with van der Waals surface area (Å²) in [5.74, 6) is -0.469. The van der Waals surface area contributed by atoms with Gasteiger partial charge in [-0.15, -0.1) is 0 Å². The monoisotopic (exact) mass is 285 g/mol. The first-order valence-corrected chi connectivity index (χ1v) is 7.30. The number of rotatable bonds is 4. The van der Waals surface area contributed by atoms with E-state index in [1.807, 2.05) is 30.3 Å². The van der Waals surface area contributed by atoms with Crippen LogP contribution in [0.4, 0.5) is 0 Å². The second-order valence-corrected chi connectivity index (χ2v) is 5.65. The summed E-state index contributed by atoms with van der Waals surface area (Å²) in [5, 5.41) is 21.3. The maximum Gasteiger partial charge on any atom is 0.304 e. The average molecular weight is 285 g/mol. The van der Waals surface area contributed by atoms with Crippen molar-refractivity contribution in [2.75, 3.05) is 6.54 Å². The number of hydrogen-bond acceptors (Lipinski definition) is 3. The fraction of sp³-hybridized carbons (Fsp3) is 0.353. The molecule has 2 aromatic rings. The molecule has 0 saturated carbocycles. The van der Waals surface area contributed by atoms with Crippen LogP contribution in [0.5, 0.6) is 5.75 Å². The Labute approximate surface area is 123 Å². The highest BCUT2D eigenvalue weighted by Crippen LogP contribution is 2.31. The molecule has 1 heterocycles. The second kappa shape index (κ2) is 5.74. The van der Waals surface area contributed by atoms with Crippen LogP contribution in [-0.2, 0) is 11.3 Å². The molecule has 2 N–H and O–H groups in total. The average Bonchev–Trinajstić information content (AvgIpc) is 2.88. The highest BCUT2D eigenvalue weighted by atomic mass is 16.4. The standard InChI is InChI=1S/C17H19NO3/c19-16-8-7-12-4-1-2-6-14(12)15(16)11-18-9-3-5-13(18)10-17(20)21/h1-2,4,6-8,13,19H,3,5,9-11H2,(H,20,21). The Kier molecular flexibility index (Phi) is 3.80. The Morgan fingerprint density at radius 1 is 1.24 bits per heavy atom. The quantitative estimate of drug-likeness (QED) is 0.906. The number of benzene rings is 2. The normalized spacial score (nSPS) is 19.1. The van der Waals surface area contributed by atoms with Crippen molar-refractivity contribution in [3.8, 4) is 5.75 Å². The van der Waals surface area contributed by atoms with Gasteiger partial charge in [-0.1, -0.05) is 30.3 Å². The number of fused-ring (bicyclic) bond motifs is 1. The maximum absolute atomic E-state index is 11.0. The van der Waals surface area contributed by atoms with Crippen molar-refractivity contribution in [3.63, 3.8) is 0 Å². The van der Waals surface area contributed by atoms with Crippen LogP contribution >= 0.6 is 0 Å². The number of phenols is 1. The second-order valence-electron chi connectivity index (χ2n) is 5.65. The summed E-state index contributed by atoms with van der Waals surface area (Å²) in [6, 6.07) is 11.7. The number of likely N-dealkylation sites (tertiary alicyclic amines) is 1. The smallest absolute Gasteiger partial charge is 0.304 e. The number of carboxylic acids is 1. The Bertz CT molecular complexity index is 668. The first kappa shape index (κ1) is 13.9. The predicted molar refractivity (Wildman–Crippen MR) is 81.3 cm³/mol. The molecule has 21 heavy (non-hydrogen) atoms. The third-order valence-corrected chi connectivity index (χ3v) is 4.29. The summed E-state index contributed by atoms with van der Waals surface area (Å²) in [7, 11) is 0. The van der Waals surface area contributed by atoms with Crippen molar-refractivity contribution in [3.05, 3.63) is 42.0 Å². The maximum atomic E-state index is 11.0. The van der Waals surface area contributed by atoms with E-state index >= 15 is 0 Å². The number of nitrogens with zero attached hydrogens (tertiary/aromatic N) is 1. The van der Waals surface area contributed by atoms with Gasteiger partial charge in [-0.25, -0.2) is 0 Å². The molecule has 4 heteroatoms. The molecule has 0 bridgehead atoms. The fourth-order valence-corrected chi connectivity index (χ4v) is 3.23. The topological polar surface area (TPSA) is 60.8 Å². The fourth-order valence-electron chi connectivity index (χ4n) is 3.23. The van der Waals surface area contributed by atoms with E-state index in [2.05, 4.69) is 4.90 Å². The predicted octanol–water partition coefficient (Wildman–Crippen LogP) is 2.98. The van der Waals surface area contributed by atoms with Crippen molar-refractivity contribution in [1.29, 1.82) is 0 Å². The molecule has 0 spiro atoms. The molecule has 4 nitrogen and oxygen atoms in total. The molecule has 0 amide bonds. The summed E-state index contributed by atoms with van der Waals surface area (Å²) in [5.41, 5.74) is 0.894. The molecule has 3 rings (SSSR count). The lowest BCUT2D eigenvalue weighted by molar-refractivity contribution is -0.138. The lowest BCUT2D eigenvalue weighted by atomic mass is 10.0. The number of aliphatic carboxylic acids is 1. The van der Waals surface area contributed by atoms with E-state index in [1.54, 1.807) is 6.07 Å². The minimum Gasteiger partial charge on any atom is -0.508 e. The van der Waals surface area contributed by atoms with E-state index in [9.17, 15) is 9.90 Å². The Morgan fingerprint density at radius 3 is 2.86 bits per heavy atom. The van der Waals surface area contributed by atoms with E-state index in [0.29, 0.717) is 6.54 Å². The van der Waals surface area contributed by atoms with Gasteiger partial charge in [0, 0.05) is 18.2 Å². The molecular weight excluding hydrogens is 266 g/mol. The number of carboxylic acid groups (broad SMARTS) is 1. The summed E-state index contributed by atoms with van der Waals surface area (Å²) in [4.78, 5) is 13.1. The SMILES string of the molecule is O=C(O)CC1CCCN1Cc1c(O)ccc2ccccc12. The summed E-state index contributed by atoms with van der Waals surface area (Å²) >= 11 is 0. The minimum absolute atomic E-state index is 0.0702. The first-order valence-electron chi connectivity index (χ1n) is 7.30. The summed E-state index contributed by atoms with van der Waals surface area (Å²) in [6.07, 6.45) is 2.10.